The van der Waals surface area contributed by atoms with Gasteiger partial charge in [-0.25, -0.2) is 17.5 Å². The van der Waals surface area contributed by atoms with E-state index in [9.17, 15) is 13.2 Å². The van der Waals surface area contributed by atoms with E-state index in [4.69, 9.17) is 5.11 Å². The standard InChI is InChI=1S/C13H20N2O4S/c1-4-5-12(13(16)17)14-10-6-8-11(9-7-10)20(18,19)15(2)3/h6-9,12,14H,4-5H2,1-3H3,(H,16,17). The molecule has 0 saturated carbocycles. The number of nitrogens with zero attached hydrogens (tertiary/aromatic N) is 1. The Morgan fingerprint density at radius 1 is 1.30 bits per heavy atom. The molecule has 1 aromatic rings. The summed E-state index contributed by atoms with van der Waals surface area (Å²) in [5, 5.41) is 11.9. The minimum absolute atomic E-state index is 0.176. The number of carboxylic acids is 1. The molecular weight excluding hydrogens is 280 g/mol. The van der Waals surface area contributed by atoms with Gasteiger partial charge < -0.3 is 10.4 Å². The van der Waals surface area contributed by atoms with Crippen molar-refractivity contribution in [2.24, 2.45) is 0 Å². The highest BCUT2D eigenvalue weighted by Crippen LogP contribution is 2.18. The van der Waals surface area contributed by atoms with E-state index in [0.29, 0.717) is 12.1 Å². The van der Waals surface area contributed by atoms with Crippen molar-refractivity contribution in [1.29, 1.82) is 0 Å². The second kappa shape index (κ2) is 6.71. The normalized spacial score (nSPS) is 13.2. The molecule has 1 unspecified atom stereocenters. The first-order valence-corrected chi connectivity index (χ1v) is 7.75. The highest BCUT2D eigenvalue weighted by molar-refractivity contribution is 7.89. The van der Waals surface area contributed by atoms with Crippen LogP contribution < -0.4 is 5.32 Å². The molecule has 0 radical (unpaired) electrons. The summed E-state index contributed by atoms with van der Waals surface area (Å²) in [6.45, 7) is 1.91. The van der Waals surface area contributed by atoms with Gasteiger partial charge in [-0.05, 0) is 30.7 Å². The number of rotatable bonds is 7. The predicted octanol–water partition coefficient (Wildman–Crippen LogP) is 1.60. The number of aliphatic carboxylic acids is 1. The first kappa shape index (κ1) is 16.5. The zero-order chi connectivity index (χ0) is 15.3. The molecule has 0 bridgehead atoms. The zero-order valence-electron chi connectivity index (χ0n) is 11.8. The minimum atomic E-state index is -3.46. The Morgan fingerprint density at radius 2 is 1.85 bits per heavy atom. The SMILES string of the molecule is CCCC(Nc1ccc(S(=O)(=O)N(C)C)cc1)C(=O)O. The van der Waals surface area contributed by atoms with Crippen LogP contribution in [-0.4, -0.2) is 43.9 Å². The average molecular weight is 300 g/mol. The van der Waals surface area contributed by atoms with Crippen LogP contribution in [0.2, 0.25) is 0 Å². The van der Waals surface area contributed by atoms with E-state index < -0.39 is 22.0 Å². The molecule has 6 nitrogen and oxygen atoms in total. The fourth-order valence-corrected chi connectivity index (χ4v) is 2.58. The summed E-state index contributed by atoms with van der Waals surface area (Å²) >= 11 is 0. The van der Waals surface area contributed by atoms with E-state index in [-0.39, 0.29) is 4.90 Å². The molecular formula is C13H20N2O4S. The highest BCUT2D eigenvalue weighted by atomic mass is 32.2. The van der Waals surface area contributed by atoms with Gasteiger partial charge in [-0.3, -0.25) is 0 Å². The molecule has 2 N–H and O–H groups in total. The van der Waals surface area contributed by atoms with Crippen molar-refractivity contribution >= 4 is 21.7 Å². The van der Waals surface area contributed by atoms with E-state index in [1.807, 2.05) is 6.92 Å². The molecule has 0 fully saturated rings. The minimum Gasteiger partial charge on any atom is -0.480 e. The Balaban J connectivity index is 2.89. The molecule has 0 saturated heterocycles. The van der Waals surface area contributed by atoms with Crippen molar-refractivity contribution in [3.05, 3.63) is 24.3 Å². The third-order valence-electron chi connectivity index (χ3n) is 2.85. The van der Waals surface area contributed by atoms with E-state index in [1.165, 1.54) is 26.2 Å². The Kier molecular flexibility index (Phi) is 5.52. The Hall–Kier alpha value is -1.60. The summed E-state index contributed by atoms with van der Waals surface area (Å²) in [6, 6.07) is 5.39. The monoisotopic (exact) mass is 300 g/mol. The number of anilines is 1. The second-order valence-corrected chi connectivity index (χ2v) is 6.79. The van der Waals surface area contributed by atoms with Gasteiger partial charge in [-0.15, -0.1) is 0 Å². The lowest BCUT2D eigenvalue weighted by molar-refractivity contribution is -0.138. The van der Waals surface area contributed by atoms with Crippen LogP contribution in [0.15, 0.2) is 29.2 Å². The third-order valence-corrected chi connectivity index (χ3v) is 4.68. The zero-order valence-corrected chi connectivity index (χ0v) is 12.6. The first-order valence-electron chi connectivity index (χ1n) is 6.31. The smallest absolute Gasteiger partial charge is 0.326 e. The van der Waals surface area contributed by atoms with Crippen molar-refractivity contribution in [1.82, 2.24) is 4.31 Å². The molecule has 1 rings (SSSR count). The van der Waals surface area contributed by atoms with Gasteiger partial charge in [0.25, 0.3) is 0 Å². The van der Waals surface area contributed by atoms with E-state index in [0.717, 1.165) is 10.7 Å². The van der Waals surface area contributed by atoms with E-state index in [2.05, 4.69) is 5.32 Å². The van der Waals surface area contributed by atoms with Crippen LogP contribution >= 0.6 is 0 Å². The summed E-state index contributed by atoms with van der Waals surface area (Å²) in [5.74, 6) is -0.920. The molecule has 0 aliphatic carbocycles. The number of hydrogen-bond acceptors (Lipinski definition) is 4. The number of benzene rings is 1. The van der Waals surface area contributed by atoms with Crippen molar-refractivity contribution < 1.29 is 18.3 Å². The molecule has 20 heavy (non-hydrogen) atoms. The third kappa shape index (κ3) is 3.94. The molecule has 1 aromatic carbocycles. The maximum Gasteiger partial charge on any atom is 0.326 e. The van der Waals surface area contributed by atoms with Crippen LogP contribution in [0.3, 0.4) is 0 Å². The van der Waals surface area contributed by atoms with Gasteiger partial charge in [0, 0.05) is 19.8 Å². The van der Waals surface area contributed by atoms with Crippen molar-refractivity contribution in [3.63, 3.8) is 0 Å². The quantitative estimate of drug-likeness (QED) is 0.798. The van der Waals surface area contributed by atoms with Crippen LogP contribution in [0, 0.1) is 0 Å². The summed E-state index contributed by atoms with van der Waals surface area (Å²) in [7, 11) is -0.536. The Bertz CT molecular complexity index is 552. The number of sulfonamides is 1. The molecule has 1 atom stereocenters. The highest BCUT2D eigenvalue weighted by Gasteiger charge is 2.18. The topological polar surface area (TPSA) is 86.7 Å². The molecule has 112 valence electrons. The second-order valence-electron chi connectivity index (χ2n) is 4.64. The fraction of sp³-hybridized carbons (Fsp3) is 0.462. The van der Waals surface area contributed by atoms with Crippen LogP contribution in [-0.2, 0) is 14.8 Å². The van der Waals surface area contributed by atoms with Gasteiger partial charge in [-0.1, -0.05) is 13.3 Å². The molecule has 0 aliphatic rings. The van der Waals surface area contributed by atoms with Crippen molar-refractivity contribution in [3.8, 4) is 0 Å². The van der Waals surface area contributed by atoms with Gasteiger partial charge in [0.1, 0.15) is 6.04 Å². The van der Waals surface area contributed by atoms with Gasteiger partial charge in [0.15, 0.2) is 0 Å². The molecule has 0 spiro atoms. The van der Waals surface area contributed by atoms with Gasteiger partial charge in [0.2, 0.25) is 10.0 Å². The predicted molar refractivity (Wildman–Crippen MR) is 77.3 cm³/mol. The van der Waals surface area contributed by atoms with Gasteiger partial charge in [-0.2, -0.15) is 0 Å². The van der Waals surface area contributed by atoms with E-state index >= 15 is 0 Å². The number of carbonyl (C=O) groups is 1. The molecule has 7 heteroatoms. The van der Waals surface area contributed by atoms with Gasteiger partial charge in [0.05, 0.1) is 4.90 Å². The largest absolute Gasteiger partial charge is 0.480 e. The van der Waals surface area contributed by atoms with E-state index in [1.54, 1.807) is 12.1 Å². The lowest BCUT2D eigenvalue weighted by Crippen LogP contribution is -2.29. The maximum absolute atomic E-state index is 11.9. The maximum atomic E-state index is 11.9. The van der Waals surface area contributed by atoms with Crippen LogP contribution in [0.4, 0.5) is 5.69 Å². The number of hydrogen-bond donors (Lipinski definition) is 2. The molecule has 0 heterocycles. The average Bonchev–Trinajstić information content (AvgIpc) is 2.38. The van der Waals surface area contributed by atoms with Crippen molar-refractivity contribution in [2.45, 2.75) is 30.7 Å². The fourth-order valence-electron chi connectivity index (χ4n) is 1.68. The number of carboxylic acid groups (broad SMARTS) is 1. The Labute approximate surface area is 119 Å². The number of nitrogens with one attached hydrogen (secondary N) is 1. The molecule has 0 aliphatic heterocycles. The molecule has 0 amide bonds. The summed E-state index contributed by atoms with van der Waals surface area (Å²) in [4.78, 5) is 11.2. The Morgan fingerprint density at radius 3 is 2.25 bits per heavy atom. The summed E-state index contributed by atoms with van der Waals surface area (Å²) in [5.41, 5.74) is 0.587. The lowest BCUT2D eigenvalue weighted by atomic mass is 10.1. The van der Waals surface area contributed by atoms with Crippen LogP contribution in [0.25, 0.3) is 0 Å². The molecule has 0 aromatic heterocycles. The van der Waals surface area contributed by atoms with Crippen LogP contribution in [0.5, 0.6) is 0 Å². The lowest BCUT2D eigenvalue weighted by Gasteiger charge is -2.16. The van der Waals surface area contributed by atoms with Gasteiger partial charge >= 0.3 is 5.97 Å². The van der Waals surface area contributed by atoms with Crippen molar-refractivity contribution in [2.75, 3.05) is 19.4 Å². The summed E-state index contributed by atoms with van der Waals surface area (Å²) in [6.07, 6.45) is 1.25. The van der Waals surface area contributed by atoms with Crippen LogP contribution in [0.1, 0.15) is 19.8 Å². The first-order chi connectivity index (χ1) is 9.28. The summed E-state index contributed by atoms with van der Waals surface area (Å²) < 4.78 is 24.9.